The maximum Gasteiger partial charge on any atom is 0.230 e. The summed E-state index contributed by atoms with van der Waals surface area (Å²) in [5.74, 6) is 1.83. The fourth-order valence-corrected chi connectivity index (χ4v) is 3.34. The second kappa shape index (κ2) is 9.40. The Morgan fingerprint density at radius 3 is 2.74 bits per heavy atom. The van der Waals surface area contributed by atoms with E-state index in [1.54, 1.807) is 0 Å². The SMILES string of the molecule is NC(=O)CCn1c(SCC(=O)NCCOc2ccccc2)nnc1C1CC1. The maximum absolute atomic E-state index is 12.0. The number of carbonyl (C=O) groups excluding carboxylic acids is 2. The van der Waals surface area contributed by atoms with Crippen molar-refractivity contribution in [2.75, 3.05) is 18.9 Å². The largest absolute Gasteiger partial charge is 0.492 e. The summed E-state index contributed by atoms with van der Waals surface area (Å²) in [6.07, 6.45) is 2.40. The van der Waals surface area contributed by atoms with Crippen molar-refractivity contribution in [2.45, 2.75) is 36.9 Å². The minimum Gasteiger partial charge on any atom is -0.492 e. The van der Waals surface area contributed by atoms with Gasteiger partial charge in [0.05, 0.1) is 12.3 Å². The average molecular weight is 389 g/mol. The highest BCUT2D eigenvalue weighted by Crippen LogP contribution is 2.40. The normalized spacial score (nSPS) is 13.3. The van der Waals surface area contributed by atoms with Crippen molar-refractivity contribution in [1.82, 2.24) is 20.1 Å². The summed E-state index contributed by atoms with van der Waals surface area (Å²) in [4.78, 5) is 23.1. The molecule has 0 radical (unpaired) electrons. The van der Waals surface area contributed by atoms with Crippen LogP contribution in [-0.2, 0) is 16.1 Å². The van der Waals surface area contributed by atoms with Gasteiger partial charge in [0.2, 0.25) is 11.8 Å². The molecular weight excluding hydrogens is 366 g/mol. The van der Waals surface area contributed by atoms with Crippen LogP contribution in [-0.4, -0.2) is 45.5 Å². The molecule has 0 bridgehead atoms. The zero-order valence-electron chi connectivity index (χ0n) is 15.0. The number of nitrogens with one attached hydrogen (secondary N) is 1. The van der Waals surface area contributed by atoms with E-state index in [1.807, 2.05) is 34.9 Å². The van der Waals surface area contributed by atoms with E-state index in [4.69, 9.17) is 10.5 Å². The van der Waals surface area contributed by atoms with E-state index in [1.165, 1.54) is 11.8 Å². The molecule has 0 unspecified atom stereocenters. The van der Waals surface area contributed by atoms with Gasteiger partial charge in [-0.1, -0.05) is 30.0 Å². The summed E-state index contributed by atoms with van der Waals surface area (Å²) >= 11 is 1.31. The van der Waals surface area contributed by atoms with Crippen LogP contribution in [0.4, 0.5) is 0 Å². The molecule has 0 spiro atoms. The number of benzene rings is 1. The first-order valence-electron chi connectivity index (χ1n) is 8.92. The molecule has 1 saturated carbocycles. The van der Waals surface area contributed by atoms with Crippen LogP contribution in [0.25, 0.3) is 0 Å². The van der Waals surface area contributed by atoms with Crippen molar-refractivity contribution in [1.29, 1.82) is 0 Å². The second-order valence-corrected chi connectivity index (χ2v) is 7.23. The van der Waals surface area contributed by atoms with Crippen molar-refractivity contribution in [2.24, 2.45) is 5.73 Å². The third kappa shape index (κ3) is 5.99. The summed E-state index contributed by atoms with van der Waals surface area (Å²) < 4.78 is 7.45. The number of ether oxygens (including phenoxy) is 1. The van der Waals surface area contributed by atoms with Crippen LogP contribution in [0, 0.1) is 0 Å². The first kappa shape index (κ1) is 19.2. The molecule has 0 atom stereocenters. The number of carbonyl (C=O) groups is 2. The lowest BCUT2D eigenvalue weighted by Crippen LogP contribution is -2.29. The van der Waals surface area contributed by atoms with Gasteiger partial charge < -0.3 is 20.4 Å². The first-order valence-corrected chi connectivity index (χ1v) is 9.91. The molecule has 144 valence electrons. The molecule has 27 heavy (non-hydrogen) atoms. The molecular formula is C18H23N5O3S. The summed E-state index contributed by atoms with van der Waals surface area (Å²) in [5.41, 5.74) is 5.26. The lowest BCUT2D eigenvalue weighted by molar-refractivity contribution is -0.119. The Kier molecular flexibility index (Phi) is 6.69. The zero-order valence-corrected chi connectivity index (χ0v) is 15.8. The van der Waals surface area contributed by atoms with E-state index in [-0.39, 0.29) is 24.0 Å². The van der Waals surface area contributed by atoms with Gasteiger partial charge in [0.25, 0.3) is 0 Å². The highest BCUT2D eigenvalue weighted by molar-refractivity contribution is 7.99. The number of hydrogen-bond acceptors (Lipinski definition) is 6. The van der Waals surface area contributed by atoms with Gasteiger partial charge in [-0.05, 0) is 25.0 Å². The number of nitrogens with zero attached hydrogens (tertiary/aromatic N) is 3. The molecule has 8 nitrogen and oxygen atoms in total. The van der Waals surface area contributed by atoms with Gasteiger partial charge in [-0.25, -0.2) is 0 Å². The highest BCUT2D eigenvalue weighted by Gasteiger charge is 2.30. The van der Waals surface area contributed by atoms with Gasteiger partial charge in [-0.2, -0.15) is 0 Å². The monoisotopic (exact) mass is 389 g/mol. The van der Waals surface area contributed by atoms with E-state index in [9.17, 15) is 9.59 Å². The van der Waals surface area contributed by atoms with Gasteiger partial charge in [-0.15, -0.1) is 10.2 Å². The quantitative estimate of drug-likeness (QED) is 0.443. The Bertz CT molecular complexity index is 777. The predicted molar refractivity (Wildman–Crippen MR) is 101 cm³/mol. The van der Waals surface area contributed by atoms with Crippen molar-refractivity contribution < 1.29 is 14.3 Å². The average Bonchev–Trinajstić information content (AvgIpc) is 3.43. The molecule has 1 aromatic carbocycles. The smallest absolute Gasteiger partial charge is 0.230 e. The van der Waals surface area contributed by atoms with E-state index in [2.05, 4.69) is 15.5 Å². The van der Waals surface area contributed by atoms with E-state index in [0.717, 1.165) is 24.4 Å². The molecule has 2 amide bonds. The number of para-hydroxylation sites is 1. The van der Waals surface area contributed by atoms with Gasteiger partial charge in [0.1, 0.15) is 18.2 Å². The molecule has 1 aliphatic carbocycles. The van der Waals surface area contributed by atoms with E-state index in [0.29, 0.717) is 30.8 Å². The Hall–Kier alpha value is -2.55. The molecule has 0 saturated heterocycles. The van der Waals surface area contributed by atoms with E-state index >= 15 is 0 Å². The van der Waals surface area contributed by atoms with Crippen molar-refractivity contribution >= 4 is 23.6 Å². The number of aromatic nitrogens is 3. The van der Waals surface area contributed by atoms with E-state index < -0.39 is 0 Å². The van der Waals surface area contributed by atoms with Crippen LogP contribution < -0.4 is 15.8 Å². The molecule has 1 fully saturated rings. The molecule has 1 aliphatic rings. The number of thioether (sulfide) groups is 1. The lowest BCUT2D eigenvalue weighted by atomic mass is 10.3. The predicted octanol–water partition coefficient (Wildman–Crippen LogP) is 1.32. The molecule has 2 aromatic rings. The molecule has 3 N–H and O–H groups in total. The first-order chi connectivity index (χ1) is 13.1. The third-order valence-corrected chi connectivity index (χ3v) is 5.01. The van der Waals surface area contributed by atoms with Gasteiger partial charge in [0, 0.05) is 18.9 Å². The summed E-state index contributed by atoms with van der Waals surface area (Å²) in [7, 11) is 0. The lowest BCUT2D eigenvalue weighted by Gasteiger charge is -2.09. The van der Waals surface area contributed by atoms with Crippen LogP contribution in [0.2, 0.25) is 0 Å². The van der Waals surface area contributed by atoms with Crippen molar-refractivity contribution in [3.8, 4) is 5.75 Å². The Balaban J connectivity index is 1.43. The Morgan fingerprint density at radius 1 is 1.26 bits per heavy atom. The standard InChI is InChI=1S/C18H23N5O3S/c19-15(24)8-10-23-17(13-6-7-13)21-22-18(23)27-12-16(25)20-9-11-26-14-4-2-1-3-5-14/h1-5,13H,6-12H2,(H2,19,24)(H,20,25). The summed E-state index contributed by atoms with van der Waals surface area (Å²) in [6, 6.07) is 9.45. The maximum atomic E-state index is 12.0. The molecule has 3 rings (SSSR count). The van der Waals surface area contributed by atoms with Crippen LogP contribution in [0.15, 0.2) is 35.5 Å². The van der Waals surface area contributed by atoms with Gasteiger partial charge in [0.15, 0.2) is 5.16 Å². The highest BCUT2D eigenvalue weighted by atomic mass is 32.2. The fourth-order valence-electron chi connectivity index (χ4n) is 2.54. The fraction of sp³-hybridized carbons (Fsp3) is 0.444. The second-order valence-electron chi connectivity index (χ2n) is 6.28. The van der Waals surface area contributed by atoms with Crippen LogP contribution in [0.5, 0.6) is 5.75 Å². The number of hydrogen-bond donors (Lipinski definition) is 2. The third-order valence-electron chi connectivity index (χ3n) is 4.04. The summed E-state index contributed by atoms with van der Waals surface area (Å²) in [6.45, 7) is 1.28. The molecule has 0 aliphatic heterocycles. The number of rotatable bonds is 11. The minimum absolute atomic E-state index is 0.103. The molecule has 1 heterocycles. The zero-order chi connectivity index (χ0) is 19.1. The Morgan fingerprint density at radius 2 is 2.04 bits per heavy atom. The number of primary amides is 1. The summed E-state index contributed by atoms with van der Waals surface area (Å²) in [5, 5.41) is 11.9. The minimum atomic E-state index is -0.363. The van der Waals surface area contributed by atoms with Crippen LogP contribution >= 0.6 is 11.8 Å². The van der Waals surface area contributed by atoms with Crippen molar-refractivity contribution in [3.63, 3.8) is 0 Å². The molecule has 9 heteroatoms. The molecule has 1 aromatic heterocycles. The van der Waals surface area contributed by atoms with Crippen LogP contribution in [0.1, 0.15) is 31.0 Å². The Labute approximate surface area is 161 Å². The topological polar surface area (TPSA) is 112 Å². The van der Waals surface area contributed by atoms with Gasteiger partial charge >= 0.3 is 0 Å². The van der Waals surface area contributed by atoms with Gasteiger partial charge in [-0.3, -0.25) is 9.59 Å². The number of nitrogens with two attached hydrogens (primary N) is 1. The number of amides is 2. The van der Waals surface area contributed by atoms with Crippen LogP contribution in [0.3, 0.4) is 0 Å². The van der Waals surface area contributed by atoms with Crippen molar-refractivity contribution in [3.05, 3.63) is 36.2 Å².